The number of pyridine rings is 1. The highest BCUT2D eigenvalue weighted by atomic mass is 35.5. The summed E-state index contributed by atoms with van der Waals surface area (Å²) in [6.07, 6.45) is 2.30. The first-order chi connectivity index (χ1) is 8.11. The number of nitriles is 1. The summed E-state index contributed by atoms with van der Waals surface area (Å²) in [5.41, 5.74) is -0.223. The highest BCUT2D eigenvalue weighted by Gasteiger charge is 2.13. The van der Waals surface area contributed by atoms with Gasteiger partial charge >= 0.3 is 0 Å². The lowest BCUT2D eigenvalue weighted by Gasteiger charge is -2.00. The van der Waals surface area contributed by atoms with E-state index in [2.05, 4.69) is 15.1 Å². The minimum atomic E-state index is -0.606. The van der Waals surface area contributed by atoms with E-state index in [1.165, 1.54) is 11.0 Å². The molecule has 84 valence electrons. The van der Waals surface area contributed by atoms with Crippen molar-refractivity contribution in [1.29, 1.82) is 5.26 Å². The zero-order valence-corrected chi connectivity index (χ0v) is 8.87. The number of hydrogen-bond donors (Lipinski definition) is 0. The Morgan fingerprint density at radius 2 is 2.29 bits per heavy atom. The van der Waals surface area contributed by atoms with Crippen LogP contribution in [-0.2, 0) is 0 Å². The number of hydrogen-bond acceptors (Lipinski definition) is 6. The van der Waals surface area contributed by atoms with E-state index >= 15 is 0 Å². The number of nitro groups is 1. The number of nitrogens with zero attached hydrogens (tertiary/aromatic N) is 6. The fourth-order valence-electron chi connectivity index (χ4n) is 1.11. The van der Waals surface area contributed by atoms with Gasteiger partial charge in [0.15, 0.2) is 5.82 Å². The molecule has 2 heterocycles. The molecule has 0 atom stereocenters. The predicted octanol–water partition coefficient (Wildman–Crippen LogP) is 1.10. The standard InChI is InChI=1S/C8H3ClN6O2/c9-6-1-5(15(16)17)3-11-8(6)14-4-12-7(2-10)13-14/h1,3-4H. The second kappa shape index (κ2) is 4.15. The van der Waals surface area contributed by atoms with Crippen LogP contribution in [0.3, 0.4) is 0 Å². The maximum Gasteiger partial charge on any atom is 0.289 e. The van der Waals surface area contributed by atoms with Crippen LogP contribution in [0, 0.1) is 21.4 Å². The van der Waals surface area contributed by atoms with E-state index in [4.69, 9.17) is 16.9 Å². The van der Waals surface area contributed by atoms with E-state index in [-0.39, 0.29) is 22.4 Å². The van der Waals surface area contributed by atoms with Gasteiger partial charge in [-0.25, -0.2) is 9.97 Å². The lowest BCUT2D eigenvalue weighted by molar-refractivity contribution is -0.385. The molecule has 0 saturated carbocycles. The summed E-state index contributed by atoms with van der Waals surface area (Å²) in [6.45, 7) is 0. The topological polar surface area (TPSA) is 111 Å². The molecule has 0 aliphatic carbocycles. The van der Waals surface area contributed by atoms with Gasteiger partial charge in [0.05, 0.1) is 9.95 Å². The van der Waals surface area contributed by atoms with Crippen LogP contribution in [0.1, 0.15) is 5.82 Å². The molecule has 0 N–H and O–H groups in total. The molecule has 0 saturated heterocycles. The quantitative estimate of drug-likeness (QED) is 0.583. The van der Waals surface area contributed by atoms with Gasteiger partial charge in [-0.1, -0.05) is 11.6 Å². The van der Waals surface area contributed by atoms with Crippen LogP contribution in [0.2, 0.25) is 5.02 Å². The van der Waals surface area contributed by atoms with Crippen LogP contribution in [0.25, 0.3) is 5.82 Å². The van der Waals surface area contributed by atoms with Crippen LogP contribution in [0.5, 0.6) is 0 Å². The Hall–Kier alpha value is -2.53. The zero-order chi connectivity index (χ0) is 12.4. The molecule has 2 aromatic rings. The van der Waals surface area contributed by atoms with Crippen molar-refractivity contribution in [3.8, 4) is 11.9 Å². The van der Waals surface area contributed by atoms with E-state index < -0.39 is 4.92 Å². The Balaban J connectivity index is 2.47. The first-order valence-electron chi connectivity index (χ1n) is 4.24. The van der Waals surface area contributed by atoms with Crippen LogP contribution in [0.4, 0.5) is 5.69 Å². The van der Waals surface area contributed by atoms with Crippen molar-refractivity contribution in [2.24, 2.45) is 0 Å². The Bertz CT molecular complexity index is 631. The average molecular weight is 251 g/mol. The third kappa shape index (κ3) is 2.04. The van der Waals surface area contributed by atoms with Crippen molar-refractivity contribution in [3.05, 3.63) is 39.6 Å². The molecule has 0 aromatic carbocycles. The van der Waals surface area contributed by atoms with Crippen molar-refractivity contribution in [2.45, 2.75) is 0 Å². The third-order valence-electron chi connectivity index (χ3n) is 1.83. The molecule has 0 amide bonds. The number of rotatable bonds is 2. The Morgan fingerprint density at radius 1 is 1.53 bits per heavy atom. The van der Waals surface area contributed by atoms with Crippen molar-refractivity contribution in [1.82, 2.24) is 19.7 Å². The maximum absolute atomic E-state index is 10.5. The molecule has 2 aromatic heterocycles. The van der Waals surface area contributed by atoms with E-state index in [0.29, 0.717) is 0 Å². The van der Waals surface area contributed by atoms with Crippen LogP contribution in [-0.4, -0.2) is 24.7 Å². The fourth-order valence-corrected chi connectivity index (χ4v) is 1.35. The molecular formula is C8H3ClN6O2. The molecule has 0 fully saturated rings. The SMILES string of the molecule is N#Cc1ncn(-c2ncc([N+](=O)[O-])cc2Cl)n1. The van der Waals surface area contributed by atoms with Crippen LogP contribution < -0.4 is 0 Å². The Labute approximate surface area is 99.2 Å². The second-order valence-corrected chi connectivity index (χ2v) is 3.29. The molecule has 0 spiro atoms. The molecule has 0 unspecified atom stereocenters. The highest BCUT2D eigenvalue weighted by molar-refractivity contribution is 6.32. The third-order valence-corrected chi connectivity index (χ3v) is 2.11. The van der Waals surface area contributed by atoms with Crippen LogP contribution in [0.15, 0.2) is 18.6 Å². The Morgan fingerprint density at radius 3 is 2.82 bits per heavy atom. The minimum absolute atomic E-state index is 0.0405. The van der Waals surface area contributed by atoms with Crippen molar-refractivity contribution < 1.29 is 4.92 Å². The molecule has 9 heteroatoms. The smallest absolute Gasteiger partial charge is 0.258 e. The highest BCUT2D eigenvalue weighted by Crippen LogP contribution is 2.22. The fraction of sp³-hybridized carbons (Fsp3) is 0. The molecule has 0 aliphatic rings. The minimum Gasteiger partial charge on any atom is -0.258 e. The molecule has 17 heavy (non-hydrogen) atoms. The van der Waals surface area contributed by atoms with E-state index in [1.54, 1.807) is 6.07 Å². The summed E-state index contributed by atoms with van der Waals surface area (Å²) in [5, 5.41) is 22.8. The molecule has 0 radical (unpaired) electrons. The predicted molar refractivity (Wildman–Crippen MR) is 55.5 cm³/mol. The zero-order valence-electron chi connectivity index (χ0n) is 8.11. The second-order valence-electron chi connectivity index (χ2n) is 2.88. The first kappa shape index (κ1) is 11.0. The summed E-state index contributed by atoms with van der Waals surface area (Å²) < 4.78 is 1.17. The summed E-state index contributed by atoms with van der Waals surface area (Å²) in [5.74, 6) is 0.132. The van der Waals surface area contributed by atoms with Crippen molar-refractivity contribution in [2.75, 3.05) is 0 Å². The average Bonchev–Trinajstić information content (AvgIpc) is 2.77. The van der Waals surface area contributed by atoms with Crippen molar-refractivity contribution in [3.63, 3.8) is 0 Å². The lowest BCUT2D eigenvalue weighted by Crippen LogP contribution is -2.00. The van der Waals surface area contributed by atoms with Gasteiger partial charge in [0, 0.05) is 6.07 Å². The van der Waals surface area contributed by atoms with Gasteiger partial charge in [0.2, 0.25) is 0 Å². The van der Waals surface area contributed by atoms with Crippen molar-refractivity contribution >= 4 is 17.3 Å². The number of aromatic nitrogens is 4. The maximum atomic E-state index is 10.5. The summed E-state index contributed by atoms with van der Waals surface area (Å²) in [7, 11) is 0. The number of halogens is 1. The monoisotopic (exact) mass is 250 g/mol. The van der Waals surface area contributed by atoms with Gasteiger partial charge in [-0.3, -0.25) is 10.1 Å². The van der Waals surface area contributed by atoms with Gasteiger partial charge in [-0.2, -0.15) is 9.94 Å². The van der Waals surface area contributed by atoms with Gasteiger partial charge < -0.3 is 0 Å². The summed E-state index contributed by atoms with van der Waals surface area (Å²) in [4.78, 5) is 17.3. The largest absolute Gasteiger partial charge is 0.289 e. The van der Waals surface area contributed by atoms with Gasteiger partial charge in [-0.15, -0.1) is 5.10 Å². The summed E-state index contributed by atoms with van der Waals surface area (Å²) in [6, 6.07) is 2.89. The normalized spacial score (nSPS) is 9.88. The van der Waals surface area contributed by atoms with E-state index in [9.17, 15) is 10.1 Å². The van der Waals surface area contributed by atoms with E-state index in [1.807, 2.05) is 0 Å². The van der Waals surface area contributed by atoms with Gasteiger partial charge in [-0.05, 0) is 0 Å². The first-order valence-corrected chi connectivity index (χ1v) is 4.61. The van der Waals surface area contributed by atoms with E-state index in [0.717, 1.165) is 12.3 Å². The Kier molecular flexibility index (Phi) is 2.68. The molecule has 0 aliphatic heterocycles. The lowest BCUT2D eigenvalue weighted by atomic mass is 10.4. The van der Waals surface area contributed by atoms with Gasteiger partial charge in [0.1, 0.15) is 18.6 Å². The van der Waals surface area contributed by atoms with Crippen LogP contribution >= 0.6 is 11.6 Å². The molecule has 2 rings (SSSR count). The molecule has 0 bridgehead atoms. The van der Waals surface area contributed by atoms with Gasteiger partial charge in [0.25, 0.3) is 11.5 Å². The molecular weight excluding hydrogens is 248 g/mol. The summed E-state index contributed by atoms with van der Waals surface area (Å²) >= 11 is 5.82. The molecule has 8 nitrogen and oxygen atoms in total.